The van der Waals surface area contributed by atoms with Gasteiger partial charge in [0.05, 0.1) is 39.4 Å². The molecule has 0 saturated heterocycles. The second-order valence-corrected chi connectivity index (χ2v) is 14.3. The standard InChI is InChI=1S/C29H55N2O2/c1-20(13-16-31(6,7)17-15-30(4)5)24-10-11-25-23-9-8-21-18-22(32)12-14-28(21,2)26(23)19-27(33)29(24,25)3/h20-27,32-33H,8-19H2,1-7H3/q+1/t20-,21-,22-,23+,24-,25+,26+,27+,28+,29-/m1/s1. The summed E-state index contributed by atoms with van der Waals surface area (Å²) in [5, 5.41) is 22.1. The van der Waals surface area contributed by atoms with Gasteiger partial charge in [-0.1, -0.05) is 20.8 Å². The molecule has 0 aromatic heterocycles. The number of nitrogens with zero attached hydrogens (tertiary/aromatic N) is 2. The van der Waals surface area contributed by atoms with Gasteiger partial charge in [-0.2, -0.15) is 0 Å². The minimum atomic E-state index is -0.155. The topological polar surface area (TPSA) is 43.7 Å². The number of quaternary nitrogens is 1. The normalized spacial score (nSPS) is 46.5. The van der Waals surface area contributed by atoms with E-state index in [-0.39, 0.29) is 17.6 Å². The molecule has 0 aliphatic heterocycles. The molecular formula is C29H55N2O2+. The van der Waals surface area contributed by atoms with Crippen molar-refractivity contribution in [2.45, 2.75) is 90.8 Å². The Morgan fingerprint density at radius 1 is 0.939 bits per heavy atom. The van der Waals surface area contributed by atoms with Crippen LogP contribution in [0.2, 0.25) is 0 Å². The van der Waals surface area contributed by atoms with E-state index in [1.807, 2.05) is 0 Å². The van der Waals surface area contributed by atoms with Crippen LogP contribution in [0, 0.1) is 46.3 Å². The highest BCUT2D eigenvalue weighted by molar-refractivity contribution is 5.12. The molecule has 0 bridgehead atoms. The van der Waals surface area contributed by atoms with E-state index in [4.69, 9.17) is 0 Å². The fraction of sp³-hybridized carbons (Fsp3) is 1.00. The molecule has 4 aliphatic carbocycles. The zero-order valence-corrected chi connectivity index (χ0v) is 22.9. The van der Waals surface area contributed by atoms with Crippen molar-refractivity contribution >= 4 is 0 Å². The second kappa shape index (κ2) is 9.37. The summed E-state index contributed by atoms with van der Waals surface area (Å²) in [4.78, 5) is 2.29. The summed E-state index contributed by atoms with van der Waals surface area (Å²) in [5.74, 6) is 4.15. The molecule has 33 heavy (non-hydrogen) atoms. The first-order chi connectivity index (χ1) is 15.4. The Morgan fingerprint density at radius 2 is 1.67 bits per heavy atom. The van der Waals surface area contributed by atoms with E-state index in [2.05, 4.69) is 53.9 Å². The van der Waals surface area contributed by atoms with Gasteiger partial charge < -0.3 is 19.6 Å². The number of hydrogen-bond donors (Lipinski definition) is 2. The third-order valence-corrected chi connectivity index (χ3v) is 11.8. The lowest BCUT2D eigenvalue weighted by molar-refractivity contribution is -0.890. The maximum absolute atomic E-state index is 11.8. The number of likely N-dealkylation sites (N-methyl/N-ethyl adjacent to an activating group) is 2. The van der Waals surface area contributed by atoms with Crippen LogP contribution in [0.5, 0.6) is 0 Å². The summed E-state index contributed by atoms with van der Waals surface area (Å²) in [5.41, 5.74) is 0.431. The second-order valence-electron chi connectivity index (χ2n) is 14.3. The Labute approximate surface area is 204 Å². The molecular weight excluding hydrogens is 408 g/mol. The molecule has 2 N–H and O–H groups in total. The maximum Gasteiger partial charge on any atom is 0.0911 e. The smallest absolute Gasteiger partial charge is 0.0911 e. The fourth-order valence-electron chi connectivity index (χ4n) is 9.50. The van der Waals surface area contributed by atoms with Crippen molar-refractivity contribution in [1.82, 2.24) is 4.90 Å². The van der Waals surface area contributed by atoms with Gasteiger partial charge in [0.1, 0.15) is 0 Å². The highest BCUT2D eigenvalue weighted by Gasteiger charge is 2.63. The summed E-state index contributed by atoms with van der Waals surface area (Å²) in [6, 6.07) is 0. The first-order valence-corrected chi connectivity index (χ1v) is 14.2. The molecule has 0 unspecified atom stereocenters. The van der Waals surface area contributed by atoms with Gasteiger partial charge in [-0.15, -0.1) is 0 Å². The fourth-order valence-corrected chi connectivity index (χ4v) is 9.50. The molecule has 4 heteroatoms. The van der Waals surface area contributed by atoms with Crippen molar-refractivity contribution in [1.29, 1.82) is 0 Å². The predicted octanol–water partition coefficient (Wildman–Crippen LogP) is 4.64. The van der Waals surface area contributed by atoms with E-state index in [1.54, 1.807) is 0 Å². The summed E-state index contributed by atoms with van der Waals surface area (Å²) in [7, 11) is 9.11. The van der Waals surface area contributed by atoms with E-state index in [1.165, 1.54) is 45.2 Å². The number of aliphatic hydroxyl groups excluding tert-OH is 2. The van der Waals surface area contributed by atoms with Crippen molar-refractivity contribution in [2.75, 3.05) is 47.8 Å². The van der Waals surface area contributed by atoms with Gasteiger partial charge in [0, 0.05) is 6.54 Å². The van der Waals surface area contributed by atoms with Gasteiger partial charge in [-0.25, -0.2) is 0 Å². The lowest BCUT2D eigenvalue weighted by atomic mass is 9.43. The van der Waals surface area contributed by atoms with Crippen LogP contribution in [0.25, 0.3) is 0 Å². The van der Waals surface area contributed by atoms with Gasteiger partial charge in [-0.3, -0.25) is 0 Å². The van der Waals surface area contributed by atoms with Crippen LogP contribution in [-0.4, -0.2) is 79.6 Å². The van der Waals surface area contributed by atoms with E-state index in [9.17, 15) is 10.2 Å². The molecule has 10 atom stereocenters. The van der Waals surface area contributed by atoms with E-state index in [0.29, 0.717) is 35.0 Å². The highest BCUT2D eigenvalue weighted by Crippen LogP contribution is 2.68. The van der Waals surface area contributed by atoms with E-state index < -0.39 is 0 Å². The molecule has 192 valence electrons. The third-order valence-electron chi connectivity index (χ3n) is 11.8. The van der Waals surface area contributed by atoms with Gasteiger partial charge in [0.2, 0.25) is 0 Å². The summed E-state index contributed by atoms with van der Waals surface area (Å²) in [6.45, 7) is 11.1. The van der Waals surface area contributed by atoms with Crippen molar-refractivity contribution in [2.24, 2.45) is 46.3 Å². The lowest BCUT2D eigenvalue weighted by Gasteiger charge is -2.62. The largest absolute Gasteiger partial charge is 0.393 e. The SMILES string of the molecule is C[C@H](CC[N+](C)(C)CCN(C)C)[C@H]1CC[C@H]2[C@@H]3CC[C@@H]4C[C@H](O)CC[C@]4(C)[C@H]3C[C@H](O)[C@]12C. The summed E-state index contributed by atoms with van der Waals surface area (Å²) in [6.07, 6.45) is 10.4. The molecule has 4 nitrogen and oxygen atoms in total. The molecule has 0 aromatic carbocycles. The Hall–Kier alpha value is -0.160. The summed E-state index contributed by atoms with van der Waals surface area (Å²) >= 11 is 0. The molecule has 4 aliphatic rings. The zero-order valence-electron chi connectivity index (χ0n) is 22.9. The number of fused-ring (bicyclic) bond motifs is 5. The number of rotatable bonds is 7. The monoisotopic (exact) mass is 463 g/mol. The Morgan fingerprint density at radius 3 is 2.36 bits per heavy atom. The molecule has 0 amide bonds. The molecule has 0 radical (unpaired) electrons. The zero-order chi connectivity index (χ0) is 24.2. The number of hydrogen-bond acceptors (Lipinski definition) is 3. The maximum atomic E-state index is 11.8. The van der Waals surface area contributed by atoms with Crippen molar-refractivity contribution < 1.29 is 14.7 Å². The van der Waals surface area contributed by atoms with Crippen LogP contribution in [-0.2, 0) is 0 Å². The summed E-state index contributed by atoms with van der Waals surface area (Å²) < 4.78 is 1.09. The quantitative estimate of drug-likeness (QED) is 0.541. The molecule has 0 spiro atoms. The average molecular weight is 464 g/mol. The molecule has 0 heterocycles. The minimum absolute atomic E-state index is 0.0875. The van der Waals surface area contributed by atoms with Crippen LogP contribution in [0.3, 0.4) is 0 Å². The molecule has 4 fully saturated rings. The minimum Gasteiger partial charge on any atom is -0.393 e. The molecule has 0 aromatic rings. The third kappa shape index (κ3) is 4.68. The Bertz CT molecular complexity index is 681. The Balaban J connectivity index is 1.45. The predicted molar refractivity (Wildman–Crippen MR) is 137 cm³/mol. The van der Waals surface area contributed by atoms with Crippen molar-refractivity contribution in [3.8, 4) is 0 Å². The van der Waals surface area contributed by atoms with Gasteiger partial charge in [-0.05, 0) is 118 Å². The van der Waals surface area contributed by atoms with Gasteiger partial charge in [0.15, 0.2) is 0 Å². The average Bonchev–Trinajstić information content (AvgIpc) is 3.11. The van der Waals surface area contributed by atoms with Crippen molar-refractivity contribution in [3.63, 3.8) is 0 Å². The van der Waals surface area contributed by atoms with E-state index >= 15 is 0 Å². The lowest BCUT2D eigenvalue weighted by Crippen LogP contribution is -2.59. The van der Waals surface area contributed by atoms with Crippen LogP contribution >= 0.6 is 0 Å². The van der Waals surface area contributed by atoms with Crippen molar-refractivity contribution in [3.05, 3.63) is 0 Å². The first kappa shape index (κ1) is 25.9. The number of aliphatic hydroxyl groups is 2. The van der Waals surface area contributed by atoms with E-state index in [0.717, 1.165) is 42.6 Å². The van der Waals surface area contributed by atoms with Crippen LogP contribution < -0.4 is 0 Å². The van der Waals surface area contributed by atoms with Crippen LogP contribution in [0.15, 0.2) is 0 Å². The van der Waals surface area contributed by atoms with Crippen LogP contribution in [0.1, 0.15) is 78.6 Å². The highest BCUT2D eigenvalue weighted by atomic mass is 16.3. The van der Waals surface area contributed by atoms with Gasteiger partial charge >= 0.3 is 0 Å². The first-order valence-electron chi connectivity index (χ1n) is 14.2. The molecule has 4 rings (SSSR count). The van der Waals surface area contributed by atoms with Gasteiger partial charge in [0.25, 0.3) is 0 Å². The van der Waals surface area contributed by atoms with Crippen LogP contribution in [0.4, 0.5) is 0 Å². The Kier molecular flexibility index (Phi) is 7.36. The molecule has 4 saturated carbocycles.